The molecule has 6 rings (SSSR count). The zero-order valence-electron chi connectivity index (χ0n) is 15.2. The van der Waals surface area contributed by atoms with Gasteiger partial charge in [-0.15, -0.1) is 0 Å². The predicted molar refractivity (Wildman–Crippen MR) is 112 cm³/mol. The molecule has 3 N–H and O–H groups in total. The maximum absolute atomic E-state index is 12.8. The number of rotatable bonds is 2. The molecule has 0 saturated carbocycles. The molecule has 0 saturated heterocycles. The number of fused-ring (bicyclic) bond motifs is 3. The van der Waals surface area contributed by atoms with Crippen LogP contribution in [0.4, 0.5) is 0 Å². The van der Waals surface area contributed by atoms with E-state index in [1.54, 1.807) is 0 Å². The highest BCUT2D eigenvalue weighted by Gasteiger charge is 2.25. The maximum atomic E-state index is 12.8. The molecule has 0 radical (unpaired) electrons. The number of hydrogen-bond acceptors (Lipinski definition) is 2. The number of para-hydroxylation sites is 2. The first-order chi connectivity index (χ1) is 14.2. The molecule has 5 heteroatoms. The van der Waals surface area contributed by atoms with Crippen molar-refractivity contribution in [3.8, 4) is 17.1 Å². The zero-order valence-corrected chi connectivity index (χ0v) is 15.2. The van der Waals surface area contributed by atoms with Gasteiger partial charge in [0, 0.05) is 26.9 Å². The van der Waals surface area contributed by atoms with Crippen LogP contribution < -0.4 is 10.6 Å². The summed E-state index contributed by atoms with van der Waals surface area (Å²) in [6, 6.07) is 23.2. The molecule has 1 amide bonds. The summed E-state index contributed by atoms with van der Waals surface area (Å²) in [6.07, 6.45) is 0. The minimum absolute atomic E-state index is 0.0950. The molecular formula is C24H15N3O2. The van der Waals surface area contributed by atoms with Gasteiger partial charge in [-0.1, -0.05) is 60.7 Å². The molecule has 0 fully saturated rings. The molecule has 3 heterocycles. The third-order valence-electron chi connectivity index (χ3n) is 5.51. The van der Waals surface area contributed by atoms with Gasteiger partial charge in [0.2, 0.25) is 0 Å². The Kier molecular flexibility index (Phi) is 3.12. The van der Waals surface area contributed by atoms with E-state index < -0.39 is 0 Å². The minimum Gasteiger partial charge on any atom is -0.494 e. The number of nitrogens with one attached hydrogen (secondary N) is 2. The second-order valence-electron chi connectivity index (χ2n) is 7.12. The van der Waals surface area contributed by atoms with Crippen molar-refractivity contribution in [2.75, 3.05) is 0 Å². The highest BCUT2D eigenvalue weighted by molar-refractivity contribution is 6.24. The molecule has 0 atom stereocenters. The average molecular weight is 377 g/mol. The van der Waals surface area contributed by atoms with Crippen molar-refractivity contribution in [1.29, 1.82) is 0 Å². The fraction of sp³-hybridized carbons (Fsp3) is 0. The molecule has 2 aromatic heterocycles. The van der Waals surface area contributed by atoms with Crippen LogP contribution in [0.15, 0.2) is 77.8 Å². The van der Waals surface area contributed by atoms with Gasteiger partial charge in [0.15, 0.2) is 5.88 Å². The van der Waals surface area contributed by atoms with E-state index in [4.69, 9.17) is 0 Å². The molecule has 0 spiro atoms. The largest absolute Gasteiger partial charge is 0.494 e. The minimum atomic E-state index is -0.257. The second-order valence-corrected chi connectivity index (χ2v) is 7.12. The summed E-state index contributed by atoms with van der Waals surface area (Å²) in [6.45, 7) is 0. The molecule has 5 aromatic rings. The Balaban J connectivity index is 1.74. The zero-order chi connectivity index (χ0) is 19.5. The molecular weight excluding hydrogens is 362 g/mol. The summed E-state index contributed by atoms with van der Waals surface area (Å²) in [4.78, 5) is 23.5. The van der Waals surface area contributed by atoms with Gasteiger partial charge >= 0.3 is 0 Å². The van der Waals surface area contributed by atoms with Crippen molar-refractivity contribution in [3.05, 3.63) is 89.1 Å². The van der Waals surface area contributed by atoms with Crippen LogP contribution in [0, 0.1) is 0 Å². The lowest BCUT2D eigenvalue weighted by Crippen LogP contribution is -2.22. The monoisotopic (exact) mass is 377 g/mol. The Bertz CT molecular complexity index is 1590. The summed E-state index contributed by atoms with van der Waals surface area (Å²) in [5.74, 6) is -0.162. The average Bonchev–Trinajstić information content (AvgIpc) is 3.37. The Morgan fingerprint density at radius 2 is 1.38 bits per heavy atom. The van der Waals surface area contributed by atoms with Crippen LogP contribution in [-0.4, -0.2) is 21.0 Å². The Hall–Kier alpha value is -4.12. The third kappa shape index (κ3) is 2.15. The van der Waals surface area contributed by atoms with Crippen molar-refractivity contribution in [1.82, 2.24) is 9.97 Å². The predicted octanol–water partition coefficient (Wildman–Crippen LogP) is 3.38. The first-order valence-corrected chi connectivity index (χ1v) is 9.36. The van der Waals surface area contributed by atoms with Gasteiger partial charge in [0.25, 0.3) is 5.91 Å². The number of amides is 1. The second kappa shape index (κ2) is 5.69. The van der Waals surface area contributed by atoms with E-state index in [0.717, 1.165) is 38.3 Å². The highest BCUT2D eigenvalue weighted by atomic mass is 16.3. The Morgan fingerprint density at radius 1 is 0.724 bits per heavy atom. The molecule has 138 valence electrons. The lowest BCUT2D eigenvalue weighted by molar-refractivity contribution is -0.112. The number of nitrogens with zero attached hydrogens (tertiary/aromatic N) is 1. The molecule has 0 aliphatic carbocycles. The third-order valence-corrected chi connectivity index (χ3v) is 5.51. The van der Waals surface area contributed by atoms with Crippen LogP contribution in [0.2, 0.25) is 0 Å². The molecule has 0 bridgehead atoms. The number of carbonyl (C=O) groups is 1. The first-order valence-electron chi connectivity index (χ1n) is 9.36. The van der Waals surface area contributed by atoms with Crippen molar-refractivity contribution in [2.24, 2.45) is 4.99 Å². The van der Waals surface area contributed by atoms with Gasteiger partial charge in [0.1, 0.15) is 0 Å². The molecule has 5 nitrogen and oxygen atoms in total. The molecule has 1 aliphatic rings. The van der Waals surface area contributed by atoms with Crippen LogP contribution in [0.1, 0.15) is 5.69 Å². The summed E-state index contributed by atoms with van der Waals surface area (Å²) in [5, 5.41) is 14.9. The van der Waals surface area contributed by atoms with Gasteiger partial charge in [-0.05, 0) is 12.1 Å². The van der Waals surface area contributed by atoms with E-state index in [-0.39, 0.29) is 11.8 Å². The van der Waals surface area contributed by atoms with E-state index >= 15 is 0 Å². The molecule has 1 aliphatic heterocycles. The van der Waals surface area contributed by atoms with Crippen LogP contribution >= 0.6 is 0 Å². The van der Waals surface area contributed by atoms with Gasteiger partial charge in [0.05, 0.1) is 27.9 Å². The maximum Gasteiger partial charge on any atom is 0.280 e. The summed E-state index contributed by atoms with van der Waals surface area (Å²) < 4.78 is 0. The highest BCUT2D eigenvalue weighted by Crippen LogP contribution is 2.41. The quantitative estimate of drug-likeness (QED) is 0.441. The van der Waals surface area contributed by atoms with Gasteiger partial charge < -0.3 is 15.1 Å². The fourth-order valence-electron chi connectivity index (χ4n) is 4.26. The number of aromatic hydroxyl groups is 1. The molecule has 29 heavy (non-hydrogen) atoms. The number of hydrogen-bond donors (Lipinski definition) is 3. The van der Waals surface area contributed by atoms with Crippen molar-refractivity contribution in [3.63, 3.8) is 0 Å². The first kappa shape index (κ1) is 15.9. The van der Waals surface area contributed by atoms with E-state index in [0.29, 0.717) is 16.5 Å². The van der Waals surface area contributed by atoms with Gasteiger partial charge in [-0.2, -0.15) is 0 Å². The number of carbonyl (C=O) groups excluding carboxylic acids is 1. The van der Waals surface area contributed by atoms with Crippen LogP contribution in [0.5, 0.6) is 5.88 Å². The smallest absolute Gasteiger partial charge is 0.280 e. The van der Waals surface area contributed by atoms with E-state index in [1.807, 2.05) is 72.8 Å². The SMILES string of the molecule is O=C1N=c2ccccc2=C1c1[nH]c(-c2c(O)[nH]c3ccccc23)c2ccccc12. The topological polar surface area (TPSA) is 81.2 Å². The molecule has 0 unspecified atom stereocenters. The van der Waals surface area contributed by atoms with E-state index in [2.05, 4.69) is 15.0 Å². The van der Waals surface area contributed by atoms with Crippen molar-refractivity contribution >= 4 is 33.2 Å². The number of aromatic nitrogens is 2. The van der Waals surface area contributed by atoms with Crippen LogP contribution in [0.3, 0.4) is 0 Å². The Labute approximate surface area is 164 Å². The van der Waals surface area contributed by atoms with Crippen molar-refractivity contribution < 1.29 is 9.90 Å². The van der Waals surface area contributed by atoms with E-state index in [1.165, 1.54) is 0 Å². The van der Waals surface area contributed by atoms with Crippen molar-refractivity contribution in [2.45, 2.75) is 0 Å². The van der Waals surface area contributed by atoms with Gasteiger partial charge in [-0.25, -0.2) is 4.99 Å². The fourth-order valence-corrected chi connectivity index (χ4v) is 4.26. The van der Waals surface area contributed by atoms with Crippen LogP contribution in [0.25, 0.3) is 38.5 Å². The van der Waals surface area contributed by atoms with E-state index in [9.17, 15) is 9.90 Å². The summed E-state index contributed by atoms with van der Waals surface area (Å²) in [7, 11) is 0. The Morgan fingerprint density at radius 3 is 2.21 bits per heavy atom. The lowest BCUT2D eigenvalue weighted by Gasteiger charge is -2.00. The van der Waals surface area contributed by atoms with Crippen LogP contribution in [-0.2, 0) is 4.79 Å². The number of aromatic amines is 2. The normalized spacial score (nSPS) is 13.2. The number of benzene rings is 3. The summed E-state index contributed by atoms with van der Waals surface area (Å²) >= 11 is 0. The standard InChI is InChI=1S/C24H15N3O2/c28-23-19(15-9-3-5-11-17(15)25-23)21-13-7-1-2-8-14(13)22(27-21)20-16-10-4-6-12-18(16)26-24(20)29/h1-12,25,27-28H. The molecule has 3 aromatic carbocycles. The lowest BCUT2D eigenvalue weighted by atomic mass is 10.0. The number of H-pyrrole nitrogens is 2. The summed E-state index contributed by atoms with van der Waals surface area (Å²) in [5.41, 5.74) is 3.60. The van der Waals surface area contributed by atoms with Gasteiger partial charge in [-0.3, -0.25) is 4.79 Å².